The first-order valence-corrected chi connectivity index (χ1v) is 11.0. The van der Waals surface area contributed by atoms with Crippen LogP contribution in [0.3, 0.4) is 0 Å². The van der Waals surface area contributed by atoms with E-state index in [2.05, 4.69) is 133 Å². The molecule has 0 bridgehead atoms. The van der Waals surface area contributed by atoms with Gasteiger partial charge in [0.2, 0.25) is 0 Å². The summed E-state index contributed by atoms with van der Waals surface area (Å²) in [7, 11) is 0. The summed E-state index contributed by atoms with van der Waals surface area (Å²) in [6.07, 6.45) is 2.01. The number of hydrogen-bond acceptors (Lipinski definition) is 0. The van der Waals surface area contributed by atoms with Crippen molar-refractivity contribution in [3.05, 3.63) is 156 Å². The molecule has 0 spiro atoms. The minimum absolute atomic E-state index is 0.199. The van der Waals surface area contributed by atoms with E-state index >= 15 is 0 Å². The highest BCUT2D eigenvalue weighted by molar-refractivity contribution is 5.83. The Morgan fingerprint density at radius 3 is 1.39 bits per heavy atom. The van der Waals surface area contributed by atoms with Gasteiger partial charge in [-0.15, -0.1) is 0 Å². The lowest BCUT2D eigenvalue weighted by molar-refractivity contribution is 0.559. The van der Waals surface area contributed by atoms with Gasteiger partial charge in [0.05, 0.1) is 0 Å². The standard InChI is InChI=1S/C31H26/c1-4-14-28(15-5-1)31(29-16-6-2-7-17-29,30-18-8-3-9-19-30)23-22-25-20-21-26-12-10-11-13-27(26)24-25/h1-21,24H,22-23H2. The first kappa shape index (κ1) is 19.3. The fourth-order valence-corrected chi connectivity index (χ4v) is 4.83. The van der Waals surface area contributed by atoms with Gasteiger partial charge >= 0.3 is 0 Å². The van der Waals surface area contributed by atoms with E-state index in [1.165, 1.54) is 33.0 Å². The van der Waals surface area contributed by atoms with E-state index in [4.69, 9.17) is 0 Å². The summed E-state index contributed by atoms with van der Waals surface area (Å²) in [6, 6.07) is 48.4. The Bertz CT molecular complexity index is 1160. The average Bonchev–Trinajstić information content (AvgIpc) is 2.86. The van der Waals surface area contributed by atoms with Crippen LogP contribution in [0.15, 0.2) is 133 Å². The number of aryl methyl sites for hydroxylation is 1. The molecule has 0 nitrogen and oxygen atoms in total. The van der Waals surface area contributed by atoms with Gasteiger partial charge in [-0.2, -0.15) is 0 Å². The quantitative estimate of drug-likeness (QED) is 0.256. The molecule has 0 N–H and O–H groups in total. The van der Waals surface area contributed by atoms with Crippen LogP contribution < -0.4 is 0 Å². The van der Waals surface area contributed by atoms with Crippen molar-refractivity contribution in [2.24, 2.45) is 0 Å². The molecule has 5 aromatic carbocycles. The maximum absolute atomic E-state index is 2.35. The van der Waals surface area contributed by atoms with Crippen LogP contribution in [-0.4, -0.2) is 0 Å². The maximum atomic E-state index is 2.35. The second-order valence-corrected chi connectivity index (χ2v) is 8.18. The molecule has 0 saturated heterocycles. The zero-order valence-corrected chi connectivity index (χ0v) is 17.6. The molecular formula is C31H26. The van der Waals surface area contributed by atoms with Gasteiger partial charge in [0.1, 0.15) is 0 Å². The minimum atomic E-state index is -0.199. The van der Waals surface area contributed by atoms with E-state index in [1.807, 2.05) is 0 Å². The van der Waals surface area contributed by atoms with Gasteiger partial charge in [0, 0.05) is 5.41 Å². The number of hydrogen-bond donors (Lipinski definition) is 0. The second-order valence-electron chi connectivity index (χ2n) is 8.18. The van der Waals surface area contributed by atoms with Gasteiger partial charge in [-0.1, -0.05) is 133 Å². The van der Waals surface area contributed by atoms with Gasteiger partial charge in [0.25, 0.3) is 0 Å². The summed E-state index contributed by atoms with van der Waals surface area (Å²) in [5.74, 6) is 0. The molecular weight excluding hydrogens is 372 g/mol. The topological polar surface area (TPSA) is 0 Å². The number of fused-ring (bicyclic) bond motifs is 1. The van der Waals surface area contributed by atoms with Crippen molar-refractivity contribution in [2.75, 3.05) is 0 Å². The minimum Gasteiger partial charge on any atom is -0.0622 e. The molecule has 0 atom stereocenters. The fourth-order valence-electron chi connectivity index (χ4n) is 4.83. The molecule has 0 unspecified atom stereocenters. The van der Waals surface area contributed by atoms with Crippen LogP contribution in [0.2, 0.25) is 0 Å². The van der Waals surface area contributed by atoms with Crippen molar-refractivity contribution in [3.8, 4) is 0 Å². The zero-order chi connectivity index (χ0) is 20.9. The lowest BCUT2D eigenvalue weighted by atomic mass is 9.66. The Morgan fingerprint density at radius 1 is 0.419 bits per heavy atom. The van der Waals surface area contributed by atoms with Crippen LogP contribution in [0.4, 0.5) is 0 Å². The van der Waals surface area contributed by atoms with Gasteiger partial charge < -0.3 is 0 Å². The van der Waals surface area contributed by atoms with Crippen LogP contribution in [0.25, 0.3) is 10.8 Å². The van der Waals surface area contributed by atoms with E-state index in [9.17, 15) is 0 Å². The molecule has 0 aliphatic rings. The highest BCUT2D eigenvalue weighted by Crippen LogP contribution is 2.43. The molecule has 5 aromatic rings. The highest BCUT2D eigenvalue weighted by atomic mass is 14.4. The van der Waals surface area contributed by atoms with Crippen molar-refractivity contribution < 1.29 is 0 Å². The predicted molar refractivity (Wildman–Crippen MR) is 131 cm³/mol. The first-order valence-electron chi connectivity index (χ1n) is 11.0. The SMILES string of the molecule is c1ccc(C(CCc2ccc3ccccc3c2)(c2ccccc2)c2ccccc2)cc1. The molecule has 0 fully saturated rings. The summed E-state index contributed by atoms with van der Waals surface area (Å²) in [5, 5.41) is 2.61. The van der Waals surface area contributed by atoms with Gasteiger partial charge in [-0.05, 0) is 45.9 Å². The van der Waals surface area contributed by atoms with Crippen molar-refractivity contribution in [1.29, 1.82) is 0 Å². The summed E-state index contributed by atoms with van der Waals surface area (Å²) in [4.78, 5) is 0. The van der Waals surface area contributed by atoms with Crippen molar-refractivity contribution in [3.63, 3.8) is 0 Å². The second kappa shape index (κ2) is 8.62. The number of rotatable bonds is 6. The Balaban J connectivity index is 1.64. The van der Waals surface area contributed by atoms with E-state index in [0.29, 0.717) is 0 Å². The van der Waals surface area contributed by atoms with Crippen LogP contribution >= 0.6 is 0 Å². The normalized spacial score (nSPS) is 11.5. The van der Waals surface area contributed by atoms with E-state index < -0.39 is 0 Å². The summed E-state index contributed by atoms with van der Waals surface area (Å²) < 4.78 is 0. The largest absolute Gasteiger partial charge is 0.0622 e. The average molecular weight is 399 g/mol. The van der Waals surface area contributed by atoms with Crippen LogP contribution in [0.1, 0.15) is 28.7 Å². The van der Waals surface area contributed by atoms with Crippen molar-refractivity contribution in [2.45, 2.75) is 18.3 Å². The third kappa shape index (κ3) is 3.78. The Kier molecular flexibility index (Phi) is 5.37. The molecule has 0 aromatic heterocycles. The molecule has 0 heteroatoms. The number of benzene rings is 5. The Labute approximate surface area is 184 Å². The molecule has 0 aliphatic carbocycles. The van der Waals surface area contributed by atoms with Crippen LogP contribution in [0.5, 0.6) is 0 Å². The van der Waals surface area contributed by atoms with Crippen molar-refractivity contribution >= 4 is 10.8 Å². The maximum Gasteiger partial charge on any atom is 0.0454 e. The van der Waals surface area contributed by atoms with Gasteiger partial charge in [-0.25, -0.2) is 0 Å². The molecule has 0 aliphatic heterocycles. The van der Waals surface area contributed by atoms with E-state index in [0.717, 1.165) is 12.8 Å². The predicted octanol–water partition coefficient (Wildman–Crippen LogP) is 7.81. The fraction of sp³-hybridized carbons (Fsp3) is 0.0968. The monoisotopic (exact) mass is 398 g/mol. The van der Waals surface area contributed by atoms with Gasteiger partial charge in [-0.3, -0.25) is 0 Å². The smallest absolute Gasteiger partial charge is 0.0454 e. The highest BCUT2D eigenvalue weighted by Gasteiger charge is 2.35. The van der Waals surface area contributed by atoms with Gasteiger partial charge in [0.15, 0.2) is 0 Å². The lowest BCUT2D eigenvalue weighted by Crippen LogP contribution is -2.30. The molecule has 5 rings (SSSR count). The lowest BCUT2D eigenvalue weighted by Gasteiger charge is -2.36. The first-order chi connectivity index (χ1) is 15.4. The zero-order valence-electron chi connectivity index (χ0n) is 17.6. The van der Waals surface area contributed by atoms with Crippen molar-refractivity contribution in [1.82, 2.24) is 0 Å². The Hall–Kier alpha value is -3.64. The van der Waals surface area contributed by atoms with Crippen LogP contribution in [-0.2, 0) is 11.8 Å². The third-order valence-electron chi connectivity index (χ3n) is 6.40. The molecule has 150 valence electrons. The van der Waals surface area contributed by atoms with Crippen LogP contribution in [0, 0.1) is 0 Å². The third-order valence-corrected chi connectivity index (χ3v) is 6.40. The summed E-state index contributed by atoms with van der Waals surface area (Å²) in [5.41, 5.74) is 5.20. The Morgan fingerprint density at radius 2 is 0.871 bits per heavy atom. The van der Waals surface area contributed by atoms with E-state index in [1.54, 1.807) is 0 Å². The summed E-state index contributed by atoms with van der Waals surface area (Å²) >= 11 is 0. The molecule has 31 heavy (non-hydrogen) atoms. The molecule has 0 amide bonds. The molecule has 0 radical (unpaired) electrons. The molecule has 0 saturated carbocycles. The molecule has 0 heterocycles. The van der Waals surface area contributed by atoms with E-state index in [-0.39, 0.29) is 5.41 Å². The summed E-state index contributed by atoms with van der Waals surface area (Å²) in [6.45, 7) is 0.